The summed E-state index contributed by atoms with van der Waals surface area (Å²) in [6.45, 7) is 6.09. The Morgan fingerprint density at radius 3 is 2.20 bits per heavy atom. The zero-order valence-electron chi connectivity index (χ0n) is 15.5. The van der Waals surface area contributed by atoms with E-state index in [4.69, 9.17) is 21.3 Å². The van der Waals surface area contributed by atoms with Crippen LogP contribution in [0.2, 0.25) is 0 Å². The number of carboxylic acid groups (broad SMARTS) is 1. The molecule has 0 saturated heterocycles. The summed E-state index contributed by atoms with van der Waals surface area (Å²) < 4.78 is 5.26. The van der Waals surface area contributed by atoms with Crippen LogP contribution in [0.3, 0.4) is 0 Å². The molecule has 0 aromatic rings. The number of carbonyl (C=O) groups excluding carboxylic acids is 1. The first-order chi connectivity index (χ1) is 11.8. The van der Waals surface area contributed by atoms with E-state index in [-0.39, 0.29) is 12.6 Å². The summed E-state index contributed by atoms with van der Waals surface area (Å²) in [6, 6.07) is -0.104. The van der Waals surface area contributed by atoms with Crippen molar-refractivity contribution in [1.82, 2.24) is 5.32 Å². The number of aliphatic carboxylic acids is 1. The molecule has 9 heteroatoms. The lowest BCUT2D eigenvalue weighted by Crippen LogP contribution is -2.43. The molecular formula is C16H35N3O4S2. The van der Waals surface area contributed by atoms with Crippen LogP contribution in [-0.4, -0.2) is 60.3 Å². The van der Waals surface area contributed by atoms with Gasteiger partial charge in [0.2, 0.25) is 0 Å². The Morgan fingerprint density at radius 1 is 1.28 bits per heavy atom. The Hall–Kier alpha value is -0.740. The lowest BCUT2D eigenvalue weighted by atomic mass is 10.3. The summed E-state index contributed by atoms with van der Waals surface area (Å²) in [6.07, 6.45) is 4.64. The number of nitrogens with two attached hydrogens (primary N) is 2. The number of ether oxygens (including phenoxy) is 1. The van der Waals surface area contributed by atoms with Gasteiger partial charge in [0.05, 0.1) is 6.61 Å². The maximum absolute atomic E-state index is 11.5. The van der Waals surface area contributed by atoms with E-state index >= 15 is 0 Å². The molecule has 0 spiro atoms. The summed E-state index contributed by atoms with van der Waals surface area (Å²) in [5, 5.41) is 10.6. The Labute approximate surface area is 162 Å². The summed E-state index contributed by atoms with van der Waals surface area (Å²) in [5.74, 6) is -0.144. The molecule has 6 N–H and O–H groups in total. The van der Waals surface area contributed by atoms with Gasteiger partial charge in [-0.15, -0.1) is 0 Å². The fourth-order valence-electron chi connectivity index (χ4n) is 1.14. The van der Waals surface area contributed by atoms with Crippen LogP contribution in [0.4, 0.5) is 0 Å². The minimum Gasteiger partial charge on any atom is -0.480 e. The van der Waals surface area contributed by atoms with Crippen molar-refractivity contribution in [1.29, 1.82) is 0 Å². The molecule has 0 heterocycles. The molecule has 2 atom stereocenters. The van der Waals surface area contributed by atoms with Gasteiger partial charge < -0.3 is 26.6 Å². The number of hydrogen-bond acceptors (Lipinski definition) is 7. The molecular weight excluding hydrogens is 362 g/mol. The summed E-state index contributed by atoms with van der Waals surface area (Å²) in [4.78, 5) is 21.8. The SMILES string of the molecule is CCC.CCS.NCC(OCC/C=C/C(N)CS)C(=O)NCC(=O)O. The van der Waals surface area contributed by atoms with Gasteiger partial charge in [0.25, 0.3) is 5.91 Å². The molecule has 0 aromatic carbocycles. The molecule has 1 amide bonds. The molecule has 150 valence electrons. The highest BCUT2D eigenvalue weighted by Crippen LogP contribution is 1.95. The van der Waals surface area contributed by atoms with Gasteiger partial charge in [-0.25, -0.2) is 0 Å². The van der Waals surface area contributed by atoms with Crippen molar-refractivity contribution >= 4 is 37.1 Å². The second-order valence-electron chi connectivity index (χ2n) is 4.79. The van der Waals surface area contributed by atoms with Crippen LogP contribution < -0.4 is 16.8 Å². The molecule has 0 bridgehead atoms. The molecule has 0 rings (SSSR count). The predicted octanol–water partition coefficient (Wildman–Crippen LogP) is 1.09. The van der Waals surface area contributed by atoms with Gasteiger partial charge in [-0.3, -0.25) is 9.59 Å². The fourth-order valence-corrected chi connectivity index (χ4v) is 1.26. The van der Waals surface area contributed by atoms with E-state index in [0.717, 1.165) is 5.75 Å². The zero-order chi connectivity index (χ0) is 20.1. The Balaban J connectivity index is -0.000000700. The number of hydrogen-bond donors (Lipinski definition) is 6. The van der Waals surface area contributed by atoms with Gasteiger partial charge in [-0.2, -0.15) is 25.3 Å². The predicted molar refractivity (Wildman–Crippen MR) is 111 cm³/mol. The number of thiol groups is 2. The van der Waals surface area contributed by atoms with E-state index in [1.165, 1.54) is 6.42 Å². The molecule has 2 unspecified atom stereocenters. The second-order valence-corrected chi connectivity index (χ2v) is 5.79. The molecule has 0 radical (unpaired) electrons. The van der Waals surface area contributed by atoms with Gasteiger partial charge in [0.1, 0.15) is 12.6 Å². The smallest absolute Gasteiger partial charge is 0.322 e. The number of carbonyl (C=O) groups is 2. The third-order valence-corrected chi connectivity index (χ3v) is 2.54. The number of nitrogens with one attached hydrogen (secondary N) is 1. The van der Waals surface area contributed by atoms with Crippen LogP contribution in [0.25, 0.3) is 0 Å². The highest BCUT2D eigenvalue weighted by molar-refractivity contribution is 7.80. The van der Waals surface area contributed by atoms with Gasteiger partial charge in [0, 0.05) is 18.3 Å². The van der Waals surface area contributed by atoms with Crippen molar-refractivity contribution in [3.05, 3.63) is 12.2 Å². The first kappa shape index (κ1) is 29.0. The molecule has 0 aliphatic carbocycles. The van der Waals surface area contributed by atoms with E-state index in [9.17, 15) is 9.59 Å². The topological polar surface area (TPSA) is 128 Å². The highest BCUT2D eigenvalue weighted by atomic mass is 32.1. The van der Waals surface area contributed by atoms with Crippen LogP contribution in [-0.2, 0) is 14.3 Å². The normalized spacial score (nSPS) is 12.3. The molecule has 7 nitrogen and oxygen atoms in total. The van der Waals surface area contributed by atoms with E-state index in [1.54, 1.807) is 6.08 Å². The van der Waals surface area contributed by atoms with Crippen molar-refractivity contribution < 1.29 is 19.4 Å². The molecule has 0 aromatic heterocycles. The monoisotopic (exact) mass is 397 g/mol. The van der Waals surface area contributed by atoms with Crippen LogP contribution in [0.1, 0.15) is 33.6 Å². The van der Waals surface area contributed by atoms with Crippen molar-refractivity contribution in [2.45, 2.75) is 45.8 Å². The van der Waals surface area contributed by atoms with Gasteiger partial charge in [-0.05, 0) is 12.2 Å². The standard InChI is InChI=1S/C11H21N3O4S.C3H8.C2H6S/c12-5-9(11(17)14-6-10(15)16)18-4-2-1-3-8(13)7-19;1-3-2;1-2-3/h1,3,8-9,19H,2,4-7,12-13H2,(H,14,17)(H,15,16);3H2,1-2H3;3H,2H2,1H3/b3-1+;;. The van der Waals surface area contributed by atoms with Crippen LogP contribution in [0, 0.1) is 0 Å². The Morgan fingerprint density at radius 2 is 1.80 bits per heavy atom. The number of carboxylic acids is 1. The maximum atomic E-state index is 11.5. The fraction of sp³-hybridized carbons (Fsp3) is 0.750. The Kier molecular flexibility index (Phi) is 27.0. The minimum absolute atomic E-state index is 0.00861. The highest BCUT2D eigenvalue weighted by Gasteiger charge is 2.17. The summed E-state index contributed by atoms with van der Waals surface area (Å²) >= 11 is 7.82. The van der Waals surface area contributed by atoms with Gasteiger partial charge in [0.15, 0.2) is 0 Å². The molecule has 25 heavy (non-hydrogen) atoms. The van der Waals surface area contributed by atoms with E-state index < -0.39 is 24.5 Å². The van der Waals surface area contributed by atoms with Crippen molar-refractivity contribution in [2.75, 3.05) is 31.2 Å². The van der Waals surface area contributed by atoms with Crippen molar-refractivity contribution in [3.63, 3.8) is 0 Å². The quantitative estimate of drug-likeness (QED) is 0.186. The van der Waals surface area contributed by atoms with Gasteiger partial charge >= 0.3 is 5.97 Å². The average Bonchev–Trinajstić information content (AvgIpc) is 2.57. The van der Waals surface area contributed by atoms with E-state index in [1.807, 2.05) is 13.0 Å². The molecule has 0 fully saturated rings. The minimum atomic E-state index is -1.12. The second kappa shape index (κ2) is 23.3. The maximum Gasteiger partial charge on any atom is 0.322 e. The third-order valence-electron chi connectivity index (χ3n) is 2.12. The van der Waals surface area contributed by atoms with Crippen LogP contribution >= 0.6 is 25.3 Å². The first-order valence-corrected chi connectivity index (χ1v) is 9.55. The average molecular weight is 398 g/mol. The van der Waals surface area contributed by atoms with E-state index in [2.05, 4.69) is 44.4 Å². The number of amides is 1. The van der Waals surface area contributed by atoms with E-state index in [0.29, 0.717) is 18.8 Å². The lowest BCUT2D eigenvalue weighted by Gasteiger charge is -2.14. The molecule has 0 saturated carbocycles. The first-order valence-electron chi connectivity index (χ1n) is 8.29. The lowest BCUT2D eigenvalue weighted by molar-refractivity contribution is -0.140. The van der Waals surface area contributed by atoms with Crippen molar-refractivity contribution in [2.24, 2.45) is 11.5 Å². The largest absolute Gasteiger partial charge is 0.480 e. The van der Waals surface area contributed by atoms with Crippen LogP contribution in [0.5, 0.6) is 0 Å². The van der Waals surface area contributed by atoms with Crippen molar-refractivity contribution in [3.8, 4) is 0 Å². The zero-order valence-corrected chi connectivity index (χ0v) is 17.3. The number of rotatable bonds is 10. The summed E-state index contributed by atoms with van der Waals surface area (Å²) in [5.41, 5.74) is 11.0. The van der Waals surface area contributed by atoms with Gasteiger partial charge in [-0.1, -0.05) is 39.3 Å². The third kappa shape index (κ3) is 25.6. The van der Waals surface area contributed by atoms with Crippen LogP contribution in [0.15, 0.2) is 12.2 Å². The Bertz CT molecular complexity index is 343. The molecule has 0 aliphatic rings. The molecule has 0 aliphatic heterocycles. The summed E-state index contributed by atoms with van der Waals surface area (Å²) in [7, 11) is 0.